The topological polar surface area (TPSA) is 21.6 Å². The molecule has 0 aromatic heterocycles. The molecule has 0 saturated carbocycles. The van der Waals surface area contributed by atoms with Crippen LogP contribution in [-0.2, 0) is 4.84 Å². The first kappa shape index (κ1) is 8.27. The summed E-state index contributed by atoms with van der Waals surface area (Å²) in [6.07, 6.45) is 2.71. The van der Waals surface area contributed by atoms with Gasteiger partial charge in [0.2, 0.25) is 0 Å². The van der Waals surface area contributed by atoms with E-state index in [1.165, 1.54) is 7.11 Å². The summed E-state index contributed by atoms with van der Waals surface area (Å²) >= 11 is 3.33. The molecule has 1 radical (unpaired) electrons. The quantitative estimate of drug-likeness (QED) is 0.545. The van der Waals surface area contributed by atoms with Crippen LogP contribution in [0.4, 0.5) is 0 Å². The second kappa shape index (κ2) is 4.13. The molecule has 1 rings (SSSR count). The van der Waals surface area contributed by atoms with Crippen molar-refractivity contribution in [2.45, 2.75) is 0 Å². The molecule has 0 unspecified atom stereocenters. The Balaban J connectivity index is 2.79. The van der Waals surface area contributed by atoms with Gasteiger partial charge in [-0.25, -0.2) is 0 Å². The Morgan fingerprint density at radius 1 is 1.55 bits per heavy atom. The van der Waals surface area contributed by atoms with E-state index >= 15 is 0 Å². The van der Waals surface area contributed by atoms with Gasteiger partial charge >= 0.3 is 0 Å². The average molecular weight is 213 g/mol. The van der Waals surface area contributed by atoms with Crippen molar-refractivity contribution in [3.05, 3.63) is 34.3 Å². The van der Waals surface area contributed by atoms with E-state index in [4.69, 9.17) is 0 Å². The second-order valence-electron chi connectivity index (χ2n) is 1.90. The molecule has 0 aliphatic carbocycles. The lowest BCUT2D eigenvalue weighted by Gasteiger charge is -1.91. The fraction of sp³-hybridized carbons (Fsp3) is 0.125. The first-order valence-electron chi connectivity index (χ1n) is 3.07. The molecule has 0 amide bonds. The van der Waals surface area contributed by atoms with Crippen LogP contribution in [0.3, 0.4) is 0 Å². The zero-order valence-corrected chi connectivity index (χ0v) is 7.63. The second-order valence-corrected chi connectivity index (χ2v) is 2.81. The van der Waals surface area contributed by atoms with E-state index in [1.807, 2.05) is 24.3 Å². The number of hydrogen-bond acceptors (Lipinski definition) is 2. The van der Waals surface area contributed by atoms with Gasteiger partial charge in [0.05, 0.1) is 0 Å². The van der Waals surface area contributed by atoms with Gasteiger partial charge in [0.15, 0.2) is 0 Å². The number of hydrogen-bond donors (Lipinski definition) is 0. The molecular weight excluding hydrogens is 206 g/mol. The summed E-state index contributed by atoms with van der Waals surface area (Å²) < 4.78 is 1.01. The van der Waals surface area contributed by atoms with Gasteiger partial charge < -0.3 is 4.84 Å². The Morgan fingerprint density at radius 2 is 2.36 bits per heavy atom. The Hall–Kier alpha value is -0.830. The third-order valence-corrected chi connectivity index (χ3v) is 1.58. The zero-order valence-electron chi connectivity index (χ0n) is 6.04. The Bertz CT molecular complexity index is 260. The standard InChI is InChI=1S/C8H7BrNO/c1-11-10-6-7-3-2-4-8(9)5-7/h2-5H,1H3. The third-order valence-electron chi connectivity index (χ3n) is 1.09. The van der Waals surface area contributed by atoms with Crippen molar-refractivity contribution >= 4 is 22.1 Å². The lowest BCUT2D eigenvalue weighted by Crippen LogP contribution is -1.80. The first-order valence-corrected chi connectivity index (χ1v) is 3.87. The minimum Gasteiger partial charge on any atom is -0.399 e. The number of rotatable bonds is 2. The van der Waals surface area contributed by atoms with Gasteiger partial charge in [0, 0.05) is 10.0 Å². The summed E-state index contributed by atoms with van der Waals surface area (Å²) in [5.41, 5.74) is 0.890. The summed E-state index contributed by atoms with van der Waals surface area (Å²) in [5, 5.41) is 3.51. The largest absolute Gasteiger partial charge is 0.399 e. The van der Waals surface area contributed by atoms with Crippen molar-refractivity contribution in [1.29, 1.82) is 0 Å². The highest BCUT2D eigenvalue weighted by atomic mass is 79.9. The van der Waals surface area contributed by atoms with Crippen molar-refractivity contribution in [1.82, 2.24) is 0 Å². The van der Waals surface area contributed by atoms with Crippen LogP contribution < -0.4 is 0 Å². The maximum absolute atomic E-state index is 4.48. The molecule has 0 saturated heterocycles. The van der Waals surface area contributed by atoms with Crippen molar-refractivity contribution in [3.8, 4) is 0 Å². The molecule has 0 aliphatic heterocycles. The van der Waals surface area contributed by atoms with Gasteiger partial charge in [-0.05, 0) is 12.1 Å². The van der Waals surface area contributed by atoms with Crippen molar-refractivity contribution in [2.24, 2.45) is 5.16 Å². The molecule has 0 fully saturated rings. The summed E-state index contributed by atoms with van der Waals surface area (Å²) in [4.78, 5) is 4.48. The minimum absolute atomic E-state index is 0.890. The van der Waals surface area contributed by atoms with E-state index in [1.54, 1.807) is 0 Å². The predicted molar refractivity (Wildman–Crippen MR) is 47.7 cm³/mol. The summed E-state index contributed by atoms with van der Waals surface area (Å²) in [7, 11) is 1.49. The molecular formula is C8H7BrNO. The number of nitrogens with zero attached hydrogens (tertiary/aromatic N) is 1. The van der Waals surface area contributed by atoms with Crippen LogP contribution >= 0.6 is 15.9 Å². The summed E-state index contributed by atoms with van der Waals surface area (Å²) in [5.74, 6) is 0. The predicted octanol–water partition coefficient (Wildman–Crippen LogP) is 2.31. The first-order chi connectivity index (χ1) is 5.33. The van der Waals surface area contributed by atoms with E-state index in [2.05, 4.69) is 32.1 Å². The van der Waals surface area contributed by atoms with Crippen molar-refractivity contribution < 1.29 is 4.84 Å². The Morgan fingerprint density at radius 3 is 3.00 bits per heavy atom. The van der Waals surface area contributed by atoms with Crippen molar-refractivity contribution in [3.63, 3.8) is 0 Å². The molecule has 0 heterocycles. The van der Waals surface area contributed by atoms with Crippen LogP contribution in [0, 0.1) is 0 Å². The van der Waals surface area contributed by atoms with Crippen LogP contribution in [0.15, 0.2) is 33.9 Å². The molecule has 0 N–H and O–H groups in total. The van der Waals surface area contributed by atoms with Crippen LogP contribution in [0.2, 0.25) is 0 Å². The van der Waals surface area contributed by atoms with Crippen LogP contribution in [0.1, 0.15) is 5.56 Å². The fourth-order valence-electron chi connectivity index (χ4n) is 0.656. The smallest absolute Gasteiger partial charge is 0.139 e. The molecule has 0 aliphatic rings. The van der Waals surface area contributed by atoms with E-state index in [0.29, 0.717) is 0 Å². The van der Waals surface area contributed by atoms with Gasteiger partial charge in [-0.2, -0.15) is 0 Å². The van der Waals surface area contributed by atoms with E-state index < -0.39 is 0 Å². The maximum atomic E-state index is 4.48. The summed E-state index contributed by atoms with van der Waals surface area (Å²) in [6.45, 7) is 0. The number of benzene rings is 1. The van der Waals surface area contributed by atoms with E-state index in [9.17, 15) is 0 Å². The van der Waals surface area contributed by atoms with E-state index in [0.717, 1.165) is 10.0 Å². The molecule has 57 valence electrons. The van der Waals surface area contributed by atoms with Gasteiger partial charge in [-0.15, -0.1) is 0 Å². The minimum atomic E-state index is 0.890. The number of halogens is 1. The molecule has 11 heavy (non-hydrogen) atoms. The van der Waals surface area contributed by atoms with Crippen LogP contribution in [0.25, 0.3) is 0 Å². The molecule has 2 nitrogen and oxygen atoms in total. The molecule has 1 aromatic carbocycles. The molecule has 3 heteroatoms. The van der Waals surface area contributed by atoms with Gasteiger partial charge in [-0.1, -0.05) is 33.2 Å². The molecule has 0 spiro atoms. The van der Waals surface area contributed by atoms with Gasteiger partial charge in [0.25, 0.3) is 0 Å². The summed E-state index contributed by atoms with van der Waals surface area (Å²) in [6, 6.07) is 7.66. The normalized spacial score (nSPS) is 10.4. The lowest BCUT2D eigenvalue weighted by atomic mass is 10.2. The Kier molecular flexibility index (Phi) is 3.11. The third kappa shape index (κ3) is 2.72. The van der Waals surface area contributed by atoms with Crippen molar-refractivity contribution in [2.75, 3.05) is 7.11 Å². The highest BCUT2D eigenvalue weighted by Gasteiger charge is 1.88. The highest BCUT2D eigenvalue weighted by Crippen LogP contribution is 2.09. The van der Waals surface area contributed by atoms with E-state index in [-0.39, 0.29) is 0 Å². The molecule has 0 atom stereocenters. The fourth-order valence-corrected chi connectivity index (χ4v) is 1.06. The van der Waals surface area contributed by atoms with Gasteiger partial charge in [0.1, 0.15) is 13.3 Å². The monoisotopic (exact) mass is 212 g/mol. The SMILES string of the molecule is CO/N=[C]\c1cccc(Br)c1. The Labute approximate surface area is 74.0 Å². The molecule has 1 aromatic rings. The maximum Gasteiger partial charge on any atom is 0.139 e. The van der Waals surface area contributed by atoms with Crippen LogP contribution in [0.5, 0.6) is 0 Å². The highest BCUT2D eigenvalue weighted by molar-refractivity contribution is 9.10. The van der Waals surface area contributed by atoms with Gasteiger partial charge in [-0.3, -0.25) is 0 Å². The van der Waals surface area contributed by atoms with Crippen LogP contribution in [-0.4, -0.2) is 13.3 Å². The molecule has 0 bridgehead atoms. The lowest BCUT2D eigenvalue weighted by molar-refractivity contribution is 0.215. The zero-order chi connectivity index (χ0) is 8.10. The average Bonchev–Trinajstić information content (AvgIpc) is 2.01.